The van der Waals surface area contributed by atoms with Crippen molar-refractivity contribution in [1.82, 2.24) is 4.98 Å². The highest BCUT2D eigenvalue weighted by Gasteiger charge is 2.35. The highest BCUT2D eigenvalue weighted by atomic mass is 32.2. The molecule has 250 valence electrons. The zero-order valence-corrected chi connectivity index (χ0v) is 28.4. The maximum atomic E-state index is 13.8. The van der Waals surface area contributed by atoms with Crippen molar-refractivity contribution in [2.45, 2.75) is 52.2 Å². The van der Waals surface area contributed by atoms with E-state index in [9.17, 15) is 23.1 Å². The van der Waals surface area contributed by atoms with Crippen LogP contribution in [0.5, 0.6) is 0 Å². The third-order valence-electron chi connectivity index (χ3n) is 8.39. The van der Waals surface area contributed by atoms with Gasteiger partial charge >= 0.3 is 11.9 Å². The van der Waals surface area contributed by atoms with Gasteiger partial charge in [-0.25, -0.2) is 13.2 Å². The number of H-pyrrole nitrogens is 1. The number of nitrogens with two attached hydrogens (primary N) is 1. The van der Waals surface area contributed by atoms with Crippen LogP contribution in [-0.2, 0) is 38.1 Å². The Hall–Kier alpha value is -4.93. The maximum absolute atomic E-state index is 13.8. The topological polar surface area (TPSA) is 152 Å². The molecule has 2 unspecified atom stereocenters. The Bertz CT molecular complexity index is 2030. The van der Waals surface area contributed by atoms with Crippen molar-refractivity contribution in [3.05, 3.63) is 124 Å². The standard InChI is InChI=1S/C38H41N3O6S/c1-24-18-25(2)20-30(19-24)35-34(32-21-28(36(42)43)14-17-33(32)40-35)38(3,39)22-29(37(44)47-23-27-8-6-5-7-9-27)13-10-26-11-15-31(16-12-26)41-48(4,45)46/h5-9,11-12,14-21,29,40-41H,10,13,22-23,39H2,1-4H3,(H,42,43). The molecule has 0 amide bonds. The molecule has 9 nitrogen and oxygen atoms in total. The molecule has 0 spiro atoms. The first kappa shape index (κ1) is 34.4. The average molecular weight is 668 g/mol. The largest absolute Gasteiger partial charge is 0.478 e. The van der Waals surface area contributed by atoms with Crippen molar-refractivity contribution < 1.29 is 27.9 Å². The molecule has 0 aliphatic rings. The molecular formula is C38H41N3O6S. The second kappa shape index (κ2) is 14.0. The lowest BCUT2D eigenvalue weighted by molar-refractivity contribution is -0.151. The minimum atomic E-state index is -3.41. The van der Waals surface area contributed by atoms with E-state index >= 15 is 0 Å². The molecule has 1 aromatic heterocycles. The van der Waals surface area contributed by atoms with Crippen molar-refractivity contribution in [2.75, 3.05) is 11.0 Å². The number of esters is 1. The zero-order valence-electron chi connectivity index (χ0n) is 27.5. The van der Waals surface area contributed by atoms with Crippen molar-refractivity contribution in [2.24, 2.45) is 11.7 Å². The van der Waals surface area contributed by atoms with Crippen molar-refractivity contribution in [1.29, 1.82) is 0 Å². The van der Waals surface area contributed by atoms with Gasteiger partial charge in [0.1, 0.15) is 6.61 Å². The number of carboxylic acid groups (broad SMARTS) is 1. The van der Waals surface area contributed by atoms with Crippen LogP contribution in [0, 0.1) is 19.8 Å². The summed E-state index contributed by atoms with van der Waals surface area (Å²) >= 11 is 0. The molecule has 1 heterocycles. The fourth-order valence-corrected chi connectivity index (χ4v) is 6.88. The van der Waals surface area contributed by atoms with Crippen LogP contribution in [0.15, 0.2) is 91.0 Å². The summed E-state index contributed by atoms with van der Waals surface area (Å²) in [5.74, 6) is -2.04. The Morgan fingerprint density at radius 1 is 0.938 bits per heavy atom. The Morgan fingerprint density at radius 3 is 2.23 bits per heavy atom. The molecule has 5 aromatic rings. The van der Waals surface area contributed by atoms with E-state index < -0.39 is 27.4 Å². The third-order valence-corrected chi connectivity index (χ3v) is 9.00. The molecule has 0 aliphatic heterocycles. The molecule has 0 radical (unpaired) electrons. The van der Waals surface area contributed by atoms with Gasteiger partial charge in [-0.2, -0.15) is 0 Å². The number of carbonyl (C=O) groups excluding carboxylic acids is 1. The summed E-state index contributed by atoms with van der Waals surface area (Å²) in [6.07, 6.45) is 2.25. The SMILES string of the molecule is Cc1cc(C)cc(-c2[nH]c3ccc(C(=O)O)cc3c2C(C)(N)CC(CCc2ccc(NS(C)(=O)=O)cc2)C(=O)OCc2ccccc2)c1. The number of fused-ring (bicyclic) bond motifs is 1. The molecule has 48 heavy (non-hydrogen) atoms. The molecule has 0 saturated heterocycles. The van der Waals surface area contributed by atoms with Crippen LogP contribution < -0.4 is 10.5 Å². The van der Waals surface area contributed by atoms with Crippen LogP contribution in [0.3, 0.4) is 0 Å². The number of aromatic nitrogens is 1. The lowest BCUT2D eigenvalue weighted by Gasteiger charge is -2.30. The van der Waals surface area contributed by atoms with Crippen molar-refractivity contribution >= 4 is 38.6 Å². The molecule has 0 saturated carbocycles. The van der Waals surface area contributed by atoms with Gasteiger partial charge in [0.2, 0.25) is 10.0 Å². The van der Waals surface area contributed by atoms with Crippen molar-refractivity contribution in [3.63, 3.8) is 0 Å². The first-order valence-electron chi connectivity index (χ1n) is 15.7. The number of aromatic amines is 1. The monoisotopic (exact) mass is 667 g/mol. The lowest BCUT2D eigenvalue weighted by Crippen LogP contribution is -2.38. The van der Waals surface area contributed by atoms with E-state index in [0.717, 1.165) is 50.8 Å². The minimum Gasteiger partial charge on any atom is -0.478 e. The number of aromatic carboxylic acids is 1. The van der Waals surface area contributed by atoms with E-state index in [1.165, 1.54) is 0 Å². The van der Waals surface area contributed by atoms with Crippen LogP contribution in [0.25, 0.3) is 22.2 Å². The second-order valence-corrected chi connectivity index (χ2v) is 14.6. The number of hydrogen-bond donors (Lipinski definition) is 4. The molecule has 0 aliphatic carbocycles. The van der Waals surface area contributed by atoms with E-state index in [1.54, 1.807) is 30.3 Å². The predicted octanol–water partition coefficient (Wildman–Crippen LogP) is 7.08. The van der Waals surface area contributed by atoms with Gasteiger partial charge in [-0.15, -0.1) is 0 Å². The van der Waals surface area contributed by atoms with Crippen LogP contribution >= 0.6 is 0 Å². The summed E-state index contributed by atoms with van der Waals surface area (Å²) < 4.78 is 31.6. The van der Waals surface area contributed by atoms with Gasteiger partial charge in [0.15, 0.2) is 0 Å². The van der Waals surface area contributed by atoms with E-state index in [-0.39, 0.29) is 24.6 Å². The average Bonchev–Trinajstić information content (AvgIpc) is 3.42. The van der Waals surface area contributed by atoms with Crippen LogP contribution in [0.2, 0.25) is 0 Å². The normalized spacial score (nSPS) is 13.5. The first-order valence-corrected chi connectivity index (χ1v) is 17.6. The molecular weight excluding hydrogens is 627 g/mol. The van der Waals surface area contributed by atoms with Gasteiger partial charge in [0.25, 0.3) is 0 Å². The number of carbonyl (C=O) groups is 2. The number of rotatable bonds is 13. The molecule has 0 fully saturated rings. The van der Waals surface area contributed by atoms with Gasteiger partial charge in [0, 0.05) is 27.7 Å². The molecule has 5 rings (SSSR count). The second-order valence-electron chi connectivity index (χ2n) is 12.8. The molecule has 10 heteroatoms. The predicted molar refractivity (Wildman–Crippen MR) is 189 cm³/mol. The summed E-state index contributed by atoms with van der Waals surface area (Å²) in [6, 6.07) is 27.6. The highest BCUT2D eigenvalue weighted by molar-refractivity contribution is 7.92. The van der Waals surface area contributed by atoms with Gasteiger partial charge in [-0.1, -0.05) is 59.7 Å². The van der Waals surface area contributed by atoms with Gasteiger partial charge in [-0.05, 0) is 99.2 Å². The van der Waals surface area contributed by atoms with E-state index in [0.29, 0.717) is 23.9 Å². The number of hydrogen-bond acceptors (Lipinski definition) is 6. The number of aryl methyl sites for hydroxylation is 3. The van der Waals surface area contributed by atoms with Gasteiger partial charge < -0.3 is 20.6 Å². The summed E-state index contributed by atoms with van der Waals surface area (Å²) in [7, 11) is -3.41. The van der Waals surface area contributed by atoms with Gasteiger partial charge in [-0.3, -0.25) is 9.52 Å². The zero-order chi connectivity index (χ0) is 34.6. The Morgan fingerprint density at radius 2 is 1.60 bits per heavy atom. The quantitative estimate of drug-likeness (QED) is 0.0980. The fourth-order valence-electron chi connectivity index (χ4n) is 6.31. The van der Waals surface area contributed by atoms with Crippen LogP contribution in [0.1, 0.15) is 57.9 Å². The number of carboxylic acids is 1. The molecule has 0 bridgehead atoms. The first-order chi connectivity index (χ1) is 22.7. The summed E-state index contributed by atoms with van der Waals surface area (Å²) in [6.45, 7) is 6.03. The summed E-state index contributed by atoms with van der Waals surface area (Å²) in [5.41, 5.74) is 13.8. The van der Waals surface area contributed by atoms with E-state index in [2.05, 4.69) is 27.9 Å². The highest BCUT2D eigenvalue weighted by Crippen LogP contribution is 2.41. The number of nitrogens with one attached hydrogen (secondary N) is 2. The Labute approximate surface area is 281 Å². The summed E-state index contributed by atoms with van der Waals surface area (Å²) in [5, 5.41) is 10.5. The Kier molecular flexibility index (Phi) is 10.1. The Balaban J connectivity index is 1.51. The number of sulfonamides is 1. The third kappa shape index (κ3) is 8.50. The minimum absolute atomic E-state index is 0.117. The summed E-state index contributed by atoms with van der Waals surface area (Å²) in [4.78, 5) is 29.3. The van der Waals surface area contributed by atoms with Crippen LogP contribution in [0.4, 0.5) is 5.69 Å². The smallest absolute Gasteiger partial charge is 0.335 e. The number of anilines is 1. The number of benzene rings is 4. The number of ether oxygens (including phenoxy) is 1. The molecule has 2 atom stereocenters. The van der Waals surface area contributed by atoms with Gasteiger partial charge in [0.05, 0.1) is 23.4 Å². The van der Waals surface area contributed by atoms with Crippen molar-refractivity contribution in [3.8, 4) is 11.3 Å². The van der Waals surface area contributed by atoms with E-state index in [4.69, 9.17) is 10.5 Å². The van der Waals surface area contributed by atoms with E-state index in [1.807, 2.05) is 63.2 Å². The molecule has 4 aromatic carbocycles. The molecule has 5 N–H and O–H groups in total. The van der Waals surface area contributed by atoms with Crippen LogP contribution in [-0.4, -0.2) is 36.7 Å². The maximum Gasteiger partial charge on any atom is 0.335 e. The lowest BCUT2D eigenvalue weighted by atomic mass is 9.79. The fraction of sp³-hybridized carbons (Fsp3) is 0.263.